The molecule has 2 saturated heterocycles. The third kappa shape index (κ3) is 72.1. The standard InChI is InChI=1S/C12H12N2O.2C12H24O6.2C2H3N.2ClHO4/c13-9-1-5-11(6-2-9)15-12-7-3-10(14)4-8-12;2*1-2-14-5-6-16-9-10-18-12-11-17-8-7-15-4-3-13-1;2*1-2-3;2*2-1(3,4)5/h1-8H,13-14H2;2*1-12H2;2*1H3;2*(H,2,3,4,5). The minimum Gasteiger partial charge on any atom is -0.457 e. The second-order valence-electron chi connectivity index (χ2n) is 11.9. The Balaban J connectivity index is -0.000000790. The number of rotatable bonds is 2. The summed E-state index contributed by atoms with van der Waals surface area (Å²) in [6.45, 7) is 16.9. The smallest absolute Gasteiger partial charge is 0.128 e. The van der Waals surface area contributed by atoms with Crippen molar-refractivity contribution in [2.24, 2.45) is 0 Å². The van der Waals surface area contributed by atoms with E-state index in [-0.39, 0.29) is 0 Å². The van der Waals surface area contributed by atoms with Gasteiger partial charge in [-0.3, -0.25) is 0 Å². The molecule has 2 aliphatic rings. The molecule has 2 aliphatic heterocycles. The van der Waals surface area contributed by atoms with E-state index in [0.717, 1.165) is 22.9 Å². The Morgan fingerprint density at radius 2 is 0.448 bits per heavy atom. The second kappa shape index (κ2) is 52.3. The van der Waals surface area contributed by atoms with Crippen molar-refractivity contribution >= 4 is 11.4 Å². The lowest BCUT2D eigenvalue weighted by molar-refractivity contribution is -2.00. The SMILES string of the molecule is C1COCCOCCOCCOCCOCCO1.C1COCCOCCOCCOCCOCCO1.CC#N.CC#N.[NH3+]c1ccc(Oc2ccc([NH3+])cc2)cc1.[O-][Cl+3]([O-])([O-])[O-].[O-][Cl+3]([O-])([O-])[O-]. The molecule has 0 unspecified atom stereocenters. The van der Waals surface area contributed by atoms with Gasteiger partial charge >= 0.3 is 0 Å². The molecular weight excluding hydrogens is 943 g/mol. The van der Waals surface area contributed by atoms with Gasteiger partial charge in [0, 0.05) is 38.1 Å². The van der Waals surface area contributed by atoms with E-state index < -0.39 is 20.5 Å². The predicted molar refractivity (Wildman–Crippen MR) is 210 cm³/mol. The van der Waals surface area contributed by atoms with Crippen molar-refractivity contribution in [2.75, 3.05) is 159 Å². The normalized spacial score (nSPS) is 17.2. The van der Waals surface area contributed by atoms with Crippen LogP contribution >= 0.6 is 0 Å². The Bertz CT molecular complexity index is 1120. The number of nitriles is 2. The van der Waals surface area contributed by atoms with E-state index in [0.29, 0.717) is 159 Å². The van der Waals surface area contributed by atoms with Gasteiger partial charge in [-0.25, -0.2) is 37.3 Å². The van der Waals surface area contributed by atoms with Gasteiger partial charge in [-0.05, 0) is 24.3 Å². The minimum absolute atomic E-state index is 0.586. The van der Waals surface area contributed by atoms with Crippen molar-refractivity contribution in [1.29, 1.82) is 10.5 Å². The number of halogens is 2. The molecule has 6 N–H and O–H groups in total. The number of nitrogens with zero attached hydrogens (tertiary/aromatic N) is 2. The van der Waals surface area contributed by atoms with Gasteiger partial charge in [-0.1, -0.05) is 0 Å². The van der Waals surface area contributed by atoms with E-state index in [4.69, 9.17) is 109 Å². The van der Waals surface area contributed by atoms with Crippen LogP contribution in [-0.4, -0.2) is 159 Å². The van der Waals surface area contributed by atoms with Gasteiger partial charge in [0.25, 0.3) is 0 Å². The third-order valence-corrected chi connectivity index (χ3v) is 6.55. The first-order valence-electron chi connectivity index (χ1n) is 20.4. The number of quaternary nitrogens is 2. The molecule has 2 fully saturated rings. The Morgan fingerprint density at radius 1 is 0.343 bits per heavy atom. The Labute approximate surface area is 396 Å². The maximum absolute atomic E-state index is 8.49. The van der Waals surface area contributed by atoms with Gasteiger partial charge in [0.2, 0.25) is 0 Å². The monoisotopic (exact) mass is 1010 g/mol. The number of benzene rings is 2. The second-order valence-corrected chi connectivity index (χ2v) is 13.5. The summed E-state index contributed by atoms with van der Waals surface area (Å²) in [4.78, 5) is 0. The van der Waals surface area contributed by atoms with Crippen LogP contribution in [0.4, 0.5) is 11.4 Å². The molecule has 0 bridgehead atoms. The number of hydrogen-bond acceptors (Lipinski definition) is 23. The first-order valence-corrected chi connectivity index (χ1v) is 22.8. The van der Waals surface area contributed by atoms with Crippen LogP contribution < -0.4 is 53.5 Å². The average molecular weight is 1010 g/mol. The fourth-order valence-electron chi connectivity index (χ4n) is 3.89. The van der Waals surface area contributed by atoms with Crippen LogP contribution in [0.25, 0.3) is 0 Å². The summed E-state index contributed by atoms with van der Waals surface area (Å²) in [5.41, 5.74) is 9.60. The van der Waals surface area contributed by atoms with Crippen molar-refractivity contribution in [1.82, 2.24) is 0 Å². The molecule has 27 heteroatoms. The molecule has 0 spiro atoms. The zero-order chi connectivity index (χ0) is 50.5. The quantitative estimate of drug-likeness (QED) is 0.282. The molecule has 0 amide bonds. The van der Waals surface area contributed by atoms with Gasteiger partial charge in [-0.15, -0.1) is 20.5 Å². The highest BCUT2D eigenvalue weighted by Crippen LogP contribution is 2.22. The molecule has 2 aromatic carbocycles. The van der Waals surface area contributed by atoms with Crippen LogP contribution in [0.1, 0.15) is 13.8 Å². The zero-order valence-electron chi connectivity index (χ0n) is 38.2. The molecule has 2 heterocycles. The van der Waals surface area contributed by atoms with E-state index in [1.807, 2.05) is 48.5 Å². The summed E-state index contributed by atoms with van der Waals surface area (Å²) in [5, 5.41) is 14.6. The lowest BCUT2D eigenvalue weighted by atomic mass is 10.3. The summed E-state index contributed by atoms with van der Waals surface area (Å²) >= 11 is 0. The highest BCUT2D eigenvalue weighted by atomic mass is 35.7. The molecule has 25 nitrogen and oxygen atoms in total. The summed E-state index contributed by atoms with van der Waals surface area (Å²) in [6, 6.07) is 18.8. The molecule has 0 atom stereocenters. The van der Waals surface area contributed by atoms with Crippen molar-refractivity contribution < 1.29 is 131 Å². The molecule has 0 radical (unpaired) electrons. The topological polar surface area (TPSA) is 407 Å². The maximum Gasteiger partial charge on any atom is 0.128 e. The molecule has 0 saturated carbocycles. The van der Waals surface area contributed by atoms with Crippen molar-refractivity contribution in [2.45, 2.75) is 13.8 Å². The van der Waals surface area contributed by atoms with E-state index in [1.54, 1.807) is 12.1 Å². The van der Waals surface area contributed by atoms with Crippen LogP contribution in [0.3, 0.4) is 0 Å². The van der Waals surface area contributed by atoms with Crippen molar-refractivity contribution in [3.8, 4) is 23.6 Å². The van der Waals surface area contributed by atoms with Crippen LogP contribution in [0.5, 0.6) is 11.5 Å². The molecule has 388 valence electrons. The highest BCUT2D eigenvalue weighted by molar-refractivity contribution is 5.40. The highest BCUT2D eigenvalue weighted by Gasteiger charge is 2.00. The lowest BCUT2D eigenvalue weighted by Crippen LogP contribution is -2.68. The Morgan fingerprint density at radius 3 is 0.552 bits per heavy atom. The fraction of sp³-hybridized carbons (Fsp3) is 0.650. The summed E-state index contributed by atoms with van der Waals surface area (Å²) in [7, 11) is -9.89. The van der Waals surface area contributed by atoms with Crippen LogP contribution in [0.2, 0.25) is 0 Å². The van der Waals surface area contributed by atoms with Crippen LogP contribution in [0.15, 0.2) is 48.5 Å². The molecule has 0 aliphatic carbocycles. The molecule has 2 aromatic rings. The Kier molecular flexibility index (Phi) is 53.2. The van der Waals surface area contributed by atoms with Crippen LogP contribution in [-0.2, 0) is 56.8 Å². The molecule has 0 aromatic heterocycles. The third-order valence-electron chi connectivity index (χ3n) is 6.55. The van der Waals surface area contributed by atoms with Gasteiger partial charge < -0.3 is 73.0 Å². The van der Waals surface area contributed by atoms with E-state index in [9.17, 15) is 0 Å². The summed E-state index contributed by atoms with van der Waals surface area (Å²) in [6.07, 6.45) is 0. The maximum atomic E-state index is 8.49. The first-order chi connectivity index (χ1) is 32.1. The van der Waals surface area contributed by atoms with Gasteiger partial charge in [-0.2, -0.15) is 10.5 Å². The summed E-state index contributed by atoms with van der Waals surface area (Å²) in [5.74, 6) is 1.64. The molecule has 67 heavy (non-hydrogen) atoms. The molecule has 4 rings (SSSR count). The number of hydrogen-bond donors (Lipinski definition) is 2. The predicted octanol–water partition coefficient (Wildman–Crippen LogP) is -7.03. The first kappa shape index (κ1) is 68.2. The largest absolute Gasteiger partial charge is 0.457 e. The van der Waals surface area contributed by atoms with Gasteiger partial charge in [0.15, 0.2) is 0 Å². The zero-order valence-corrected chi connectivity index (χ0v) is 39.7. The average Bonchev–Trinajstić information content (AvgIpc) is 3.25. The Hall–Kier alpha value is -3.08. The van der Waals surface area contributed by atoms with Crippen molar-refractivity contribution in [3.05, 3.63) is 48.5 Å². The minimum atomic E-state index is -4.94. The van der Waals surface area contributed by atoms with Crippen molar-refractivity contribution in [3.63, 3.8) is 0 Å². The van der Waals surface area contributed by atoms with E-state index in [2.05, 4.69) is 11.5 Å². The van der Waals surface area contributed by atoms with Crippen LogP contribution in [0, 0.1) is 43.1 Å². The lowest BCUT2D eigenvalue weighted by Gasteiger charge is -2.17. The molecular formula is C40H68Cl2N4O21. The fourth-order valence-corrected chi connectivity index (χ4v) is 3.89. The van der Waals surface area contributed by atoms with Gasteiger partial charge in [0.05, 0.1) is 171 Å². The van der Waals surface area contributed by atoms with E-state index >= 15 is 0 Å². The number of ether oxygens (including phenoxy) is 13. The summed E-state index contributed by atoms with van der Waals surface area (Å²) < 4.78 is 138. The van der Waals surface area contributed by atoms with Gasteiger partial charge in [0.1, 0.15) is 22.9 Å². The van der Waals surface area contributed by atoms with E-state index in [1.165, 1.54) is 13.8 Å².